The molecule has 0 radical (unpaired) electrons. The first-order chi connectivity index (χ1) is 8.48. The van der Waals surface area contributed by atoms with Gasteiger partial charge in [0.15, 0.2) is 11.5 Å². The number of aromatic hydroxyl groups is 1. The molecule has 0 fully saturated rings. The predicted octanol–water partition coefficient (Wildman–Crippen LogP) is 4.23. The van der Waals surface area contributed by atoms with Crippen molar-refractivity contribution in [2.24, 2.45) is 0 Å². The number of ether oxygens (including phenoxy) is 1. The van der Waals surface area contributed by atoms with Gasteiger partial charge in [-0.05, 0) is 30.2 Å². The summed E-state index contributed by atoms with van der Waals surface area (Å²) >= 11 is 0. The van der Waals surface area contributed by atoms with Gasteiger partial charge in [0.1, 0.15) is 0 Å². The van der Waals surface area contributed by atoms with Gasteiger partial charge in [-0.2, -0.15) is 0 Å². The fraction of sp³-hybridized carbons (Fsp3) is 0.467. The molecule has 0 atom stereocenters. The molecule has 0 saturated heterocycles. The highest BCUT2D eigenvalue weighted by Crippen LogP contribution is 2.27. The maximum Gasteiger partial charge on any atom is 0.160 e. The molecule has 0 aromatic heterocycles. The van der Waals surface area contributed by atoms with E-state index in [0.29, 0.717) is 5.75 Å². The average molecular weight is 264 g/mol. The van der Waals surface area contributed by atoms with Gasteiger partial charge in [0, 0.05) is 0 Å². The molecule has 2 nitrogen and oxygen atoms in total. The van der Waals surface area contributed by atoms with E-state index in [4.69, 9.17) is 4.74 Å². The van der Waals surface area contributed by atoms with Gasteiger partial charge < -0.3 is 9.84 Å². The maximum absolute atomic E-state index is 9.53. The van der Waals surface area contributed by atoms with E-state index in [9.17, 15) is 5.11 Å². The van der Waals surface area contributed by atoms with Crippen LogP contribution >= 0.6 is 0 Å². The average Bonchev–Trinajstić information content (AvgIpc) is 2.31. The van der Waals surface area contributed by atoms with E-state index in [1.807, 2.05) is 12.1 Å². The minimum Gasteiger partial charge on any atom is -0.504 e. The van der Waals surface area contributed by atoms with Crippen molar-refractivity contribution < 1.29 is 9.84 Å². The van der Waals surface area contributed by atoms with Crippen LogP contribution in [0, 0.1) is 0 Å². The van der Waals surface area contributed by atoms with E-state index in [-0.39, 0.29) is 5.75 Å². The Labute approximate surface area is 111 Å². The lowest BCUT2D eigenvalue weighted by molar-refractivity contribution is 0.373. The molecule has 0 unspecified atom stereocenters. The Morgan fingerprint density at radius 3 is 2.72 bits per heavy atom. The van der Waals surface area contributed by atoms with Crippen LogP contribution in [0.1, 0.15) is 12.0 Å². The molecular weight excluding hydrogens is 240 g/mol. The van der Waals surface area contributed by atoms with Crippen LogP contribution in [0.2, 0.25) is 25.2 Å². The highest BCUT2D eigenvalue weighted by molar-refractivity contribution is 6.77. The standard InChI is InChI=1S/C15H24O2Si/c1-5-10-18(3,4)11-6-7-13-8-9-14(16)15(12-13)17-2/h5,8-9,12,16H,1,6-7,10-11H2,2-4H3. The summed E-state index contributed by atoms with van der Waals surface area (Å²) in [6.07, 6.45) is 4.29. The van der Waals surface area contributed by atoms with Gasteiger partial charge in [-0.3, -0.25) is 0 Å². The summed E-state index contributed by atoms with van der Waals surface area (Å²) in [5.74, 6) is 0.776. The Morgan fingerprint density at radius 2 is 2.11 bits per heavy atom. The monoisotopic (exact) mass is 264 g/mol. The summed E-state index contributed by atoms with van der Waals surface area (Å²) in [6, 6.07) is 8.10. The molecule has 0 bridgehead atoms. The summed E-state index contributed by atoms with van der Waals surface area (Å²) in [7, 11) is 0.494. The number of rotatable bonds is 7. The Kier molecular flexibility index (Phi) is 5.47. The summed E-state index contributed by atoms with van der Waals surface area (Å²) in [5, 5.41) is 9.53. The summed E-state index contributed by atoms with van der Waals surface area (Å²) in [4.78, 5) is 0. The first kappa shape index (κ1) is 14.8. The number of benzene rings is 1. The van der Waals surface area contributed by atoms with Crippen molar-refractivity contribution in [3.05, 3.63) is 36.4 Å². The molecular formula is C15H24O2Si. The minimum atomic E-state index is -1.09. The lowest BCUT2D eigenvalue weighted by Crippen LogP contribution is -2.23. The third kappa shape index (κ3) is 4.57. The second-order valence-corrected chi connectivity index (χ2v) is 10.8. The predicted molar refractivity (Wildman–Crippen MR) is 80.3 cm³/mol. The fourth-order valence-corrected chi connectivity index (χ4v) is 4.26. The van der Waals surface area contributed by atoms with E-state index >= 15 is 0 Å². The second kappa shape index (κ2) is 6.64. The van der Waals surface area contributed by atoms with Gasteiger partial charge in [0.25, 0.3) is 0 Å². The van der Waals surface area contributed by atoms with Crippen LogP contribution < -0.4 is 4.74 Å². The third-order valence-electron chi connectivity index (χ3n) is 3.26. The zero-order chi connectivity index (χ0) is 13.6. The molecule has 0 saturated carbocycles. The normalized spacial score (nSPS) is 11.3. The van der Waals surface area contributed by atoms with E-state index < -0.39 is 8.07 Å². The van der Waals surface area contributed by atoms with Gasteiger partial charge >= 0.3 is 0 Å². The van der Waals surface area contributed by atoms with Crippen LogP contribution in [0.5, 0.6) is 11.5 Å². The molecule has 0 aliphatic carbocycles. The zero-order valence-electron chi connectivity index (χ0n) is 11.7. The van der Waals surface area contributed by atoms with E-state index in [1.54, 1.807) is 13.2 Å². The number of phenolic OH excluding ortho intramolecular Hbond substituents is 1. The van der Waals surface area contributed by atoms with Gasteiger partial charge in [0.2, 0.25) is 0 Å². The van der Waals surface area contributed by atoms with Gasteiger partial charge in [-0.15, -0.1) is 6.58 Å². The molecule has 1 aromatic carbocycles. The van der Waals surface area contributed by atoms with Crippen LogP contribution in [0.4, 0.5) is 0 Å². The van der Waals surface area contributed by atoms with E-state index in [1.165, 1.54) is 24.1 Å². The van der Waals surface area contributed by atoms with E-state index in [0.717, 1.165) is 6.42 Å². The van der Waals surface area contributed by atoms with Crippen molar-refractivity contribution in [1.82, 2.24) is 0 Å². The topological polar surface area (TPSA) is 29.5 Å². The zero-order valence-corrected chi connectivity index (χ0v) is 12.7. The lowest BCUT2D eigenvalue weighted by Gasteiger charge is -2.20. The first-order valence-corrected chi connectivity index (χ1v) is 9.87. The van der Waals surface area contributed by atoms with Crippen molar-refractivity contribution in [2.75, 3.05) is 7.11 Å². The van der Waals surface area contributed by atoms with Crippen molar-refractivity contribution in [3.63, 3.8) is 0 Å². The van der Waals surface area contributed by atoms with Crippen LogP contribution in [0.3, 0.4) is 0 Å². The molecule has 1 rings (SSSR count). The highest BCUT2D eigenvalue weighted by Gasteiger charge is 2.17. The van der Waals surface area contributed by atoms with Crippen LogP contribution in [0.15, 0.2) is 30.9 Å². The van der Waals surface area contributed by atoms with Gasteiger partial charge in [0.05, 0.1) is 15.2 Å². The number of phenols is 1. The molecule has 0 aliphatic rings. The van der Waals surface area contributed by atoms with Crippen molar-refractivity contribution in [2.45, 2.75) is 38.0 Å². The largest absolute Gasteiger partial charge is 0.504 e. The van der Waals surface area contributed by atoms with Crippen LogP contribution in [-0.2, 0) is 6.42 Å². The highest BCUT2D eigenvalue weighted by atomic mass is 28.3. The van der Waals surface area contributed by atoms with Crippen LogP contribution in [0.25, 0.3) is 0 Å². The molecule has 0 aliphatic heterocycles. The van der Waals surface area contributed by atoms with Crippen molar-refractivity contribution in [3.8, 4) is 11.5 Å². The molecule has 18 heavy (non-hydrogen) atoms. The molecule has 1 N–H and O–H groups in total. The molecule has 100 valence electrons. The first-order valence-electron chi connectivity index (χ1n) is 6.45. The van der Waals surface area contributed by atoms with E-state index in [2.05, 4.69) is 25.7 Å². The number of hydrogen-bond donors (Lipinski definition) is 1. The minimum absolute atomic E-state index is 0.211. The fourth-order valence-electron chi connectivity index (χ4n) is 2.14. The van der Waals surface area contributed by atoms with Gasteiger partial charge in [-0.25, -0.2) is 0 Å². The Balaban J connectivity index is 2.51. The lowest BCUT2D eigenvalue weighted by atomic mass is 10.1. The van der Waals surface area contributed by atoms with Crippen LogP contribution in [-0.4, -0.2) is 20.3 Å². The Morgan fingerprint density at radius 1 is 1.39 bits per heavy atom. The molecule has 3 heteroatoms. The molecule has 0 amide bonds. The third-order valence-corrected chi connectivity index (χ3v) is 6.36. The van der Waals surface area contributed by atoms with Gasteiger partial charge in [-0.1, -0.05) is 37.7 Å². The SMILES string of the molecule is C=CC[Si](C)(C)CCCc1ccc(O)c(OC)c1. The van der Waals surface area contributed by atoms with Crippen molar-refractivity contribution in [1.29, 1.82) is 0 Å². The number of allylic oxidation sites excluding steroid dienone is 1. The number of aryl methyl sites for hydroxylation is 1. The number of hydrogen-bond acceptors (Lipinski definition) is 2. The molecule has 0 spiro atoms. The van der Waals surface area contributed by atoms with Crippen molar-refractivity contribution >= 4 is 8.07 Å². The molecule has 0 heterocycles. The Bertz CT molecular complexity index is 399. The second-order valence-electron chi connectivity index (χ2n) is 5.52. The quantitative estimate of drug-likeness (QED) is 0.590. The molecule has 1 aromatic rings. The maximum atomic E-state index is 9.53. The Hall–Kier alpha value is -1.22. The number of methoxy groups -OCH3 is 1. The smallest absolute Gasteiger partial charge is 0.160 e. The summed E-state index contributed by atoms with van der Waals surface area (Å²) < 4.78 is 5.12. The summed E-state index contributed by atoms with van der Waals surface area (Å²) in [6.45, 7) is 8.65. The summed E-state index contributed by atoms with van der Waals surface area (Å²) in [5.41, 5.74) is 1.23.